The summed E-state index contributed by atoms with van der Waals surface area (Å²) in [7, 11) is 0. The van der Waals surface area contributed by atoms with Gasteiger partial charge in [-0.15, -0.1) is 10.2 Å². The molecule has 4 saturated carbocycles. The number of hydrogen-bond donors (Lipinski definition) is 0. The quantitative estimate of drug-likeness (QED) is 0.567. The third kappa shape index (κ3) is 2.89. The van der Waals surface area contributed by atoms with Crippen LogP contribution in [0.15, 0.2) is 60.7 Å². The molecule has 4 heteroatoms. The van der Waals surface area contributed by atoms with Crippen LogP contribution in [0.1, 0.15) is 60.4 Å². The molecule has 4 aliphatic carbocycles. The standard InChI is InChI=1S/C26H25N3O/c30-24(21-9-5-2-6-10-21)23-22(20-7-3-1-4-8-20)28-29-25(27-23)26-14-17-11-18(15-26)13-19(12-17)16-26/h1-10,17-19H,11-16H2. The van der Waals surface area contributed by atoms with Gasteiger partial charge < -0.3 is 0 Å². The number of hydrogen-bond acceptors (Lipinski definition) is 4. The van der Waals surface area contributed by atoms with Gasteiger partial charge in [0.2, 0.25) is 5.78 Å². The first-order chi connectivity index (χ1) is 14.7. The molecule has 3 aromatic rings. The van der Waals surface area contributed by atoms with Gasteiger partial charge in [0.1, 0.15) is 11.4 Å². The molecule has 0 N–H and O–H groups in total. The number of aromatic nitrogens is 3. The molecular weight excluding hydrogens is 370 g/mol. The van der Waals surface area contributed by atoms with Gasteiger partial charge in [-0.05, 0) is 56.3 Å². The molecule has 0 saturated heterocycles. The zero-order valence-corrected chi connectivity index (χ0v) is 17.0. The first kappa shape index (κ1) is 17.9. The normalized spacial score (nSPS) is 29.1. The van der Waals surface area contributed by atoms with E-state index in [4.69, 9.17) is 4.98 Å². The maximum atomic E-state index is 13.5. The van der Waals surface area contributed by atoms with Crippen molar-refractivity contribution in [2.24, 2.45) is 17.8 Å². The third-order valence-corrected chi connectivity index (χ3v) is 7.50. The van der Waals surface area contributed by atoms with E-state index in [1.54, 1.807) is 0 Å². The number of benzene rings is 2. The molecule has 0 radical (unpaired) electrons. The van der Waals surface area contributed by atoms with Gasteiger partial charge in [0.15, 0.2) is 5.82 Å². The van der Waals surface area contributed by atoms with Crippen LogP contribution in [0, 0.1) is 17.8 Å². The molecular formula is C26H25N3O. The predicted molar refractivity (Wildman–Crippen MR) is 115 cm³/mol. The van der Waals surface area contributed by atoms with E-state index in [9.17, 15) is 4.79 Å². The zero-order valence-electron chi connectivity index (χ0n) is 17.0. The molecule has 30 heavy (non-hydrogen) atoms. The Kier molecular flexibility index (Phi) is 4.08. The summed E-state index contributed by atoms with van der Waals surface area (Å²) < 4.78 is 0. The molecule has 0 aliphatic heterocycles. The highest BCUT2D eigenvalue weighted by Crippen LogP contribution is 2.60. The van der Waals surface area contributed by atoms with E-state index in [2.05, 4.69) is 10.2 Å². The fourth-order valence-corrected chi connectivity index (χ4v) is 6.61. The predicted octanol–water partition coefficient (Wildman–Crippen LogP) is 5.24. The van der Waals surface area contributed by atoms with Gasteiger partial charge in [-0.2, -0.15) is 0 Å². The lowest BCUT2D eigenvalue weighted by atomic mass is 9.49. The Balaban J connectivity index is 1.48. The minimum atomic E-state index is -0.0738. The monoisotopic (exact) mass is 395 g/mol. The number of carbonyl (C=O) groups is 1. The van der Waals surface area contributed by atoms with E-state index in [1.807, 2.05) is 60.7 Å². The minimum Gasteiger partial charge on any atom is -0.287 e. The van der Waals surface area contributed by atoms with Gasteiger partial charge in [0, 0.05) is 16.5 Å². The van der Waals surface area contributed by atoms with Crippen molar-refractivity contribution in [3.8, 4) is 11.3 Å². The van der Waals surface area contributed by atoms with Crippen molar-refractivity contribution in [2.45, 2.75) is 43.9 Å². The second-order valence-corrected chi connectivity index (χ2v) is 9.59. The first-order valence-corrected chi connectivity index (χ1v) is 11.1. The summed E-state index contributed by atoms with van der Waals surface area (Å²) in [6.45, 7) is 0. The SMILES string of the molecule is O=C(c1ccccc1)c1nc(C23CC4CC(CC(C4)C2)C3)nnc1-c1ccccc1. The molecule has 0 spiro atoms. The maximum absolute atomic E-state index is 13.5. The number of nitrogens with zero attached hydrogens (tertiary/aromatic N) is 3. The Morgan fingerprint density at radius 2 is 1.33 bits per heavy atom. The molecule has 4 bridgehead atoms. The molecule has 150 valence electrons. The van der Waals surface area contributed by atoms with Crippen molar-refractivity contribution < 1.29 is 4.79 Å². The molecule has 0 unspecified atom stereocenters. The largest absolute Gasteiger partial charge is 0.287 e. The molecule has 0 atom stereocenters. The Morgan fingerprint density at radius 1 is 0.767 bits per heavy atom. The van der Waals surface area contributed by atoms with Gasteiger partial charge in [0.05, 0.1) is 0 Å². The summed E-state index contributed by atoms with van der Waals surface area (Å²) in [5.41, 5.74) is 2.56. The van der Waals surface area contributed by atoms with Gasteiger partial charge in [-0.1, -0.05) is 60.7 Å². The van der Waals surface area contributed by atoms with Crippen molar-refractivity contribution in [1.82, 2.24) is 15.2 Å². The summed E-state index contributed by atoms with van der Waals surface area (Å²) in [6.07, 6.45) is 7.57. The topological polar surface area (TPSA) is 55.7 Å². The minimum absolute atomic E-state index is 0.0166. The van der Waals surface area contributed by atoms with Crippen LogP contribution in [0.4, 0.5) is 0 Å². The van der Waals surface area contributed by atoms with E-state index in [0.717, 1.165) is 48.4 Å². The average molecular weight is 396 g/mol. The van der Waals surface area contributed by atoms with Crippen molar-refractivity contribution in [1.29, 1.82) is 0 Å². The van der Waals surface area contributed by atoms with Gasteiger partial charge in [0.25, 0.3) is 0 Å². The lowest BCUT2D eigenvalue weighted by Gasteiger charge is -2.55. The maximum Gasteiger partial charge on any atom is 0.213 e. The van der Waals surface area contributed by atoms with Crippen LogP contribution in [0.5, 0.6) is 0 Å². The van der Waals surface area contributed by atoms with Crippen molar-refractivity contribution in [2.75, 3.05) is 0 Å². The van der Waals surface area contributed by atoms with Crippen LogP contribution in [0.3, 0.4) is 0 Å². The van der Waals surface area contributed by atoms with E-state index in [-0.39, 0.29) is 11.2 Å². The van der Waals surface area contributed by atoms with Gasteiger partial charge >= 0.3 is 0 Å². The number of rotatable bonds is 4. The first-order valence-electron chi connectivity index (χ1n) is 11.1. The summed E-state index contributed by atoms with van der Waals surface area (Å²) >= 11 is 0. The van der Waals surface area contributed by atoms with Crippen molar-refractivity contribution >= 4 is 5.78 Å². The molecule has 0 amide bonds. The second kappa shape index (κ2) is 6.83. The highest BCUT2D eigenvalue weighted by molar-refractivity contribution is 6.10. The average Bonchev–Trinajstić information content (AvgIpc) is 2.78. The molecule has 4 aliphatic rings. The molecule has 1 aromatic heterocycles. The molecule has 4 fully saturated rings. The number of carbonyl (C=O) groups excluding carboxylic acids is 1. The van der Waals surface area contributed by atoms with Crippen LogP contribution in [-0.2, 0) is 5.41 Å². The van der Waals surface area contributed by atoms with Crippen LogP contribution in [-0.4, -0.2) is 21.0 Å². The molecule has 4 nitrogen and oxygen atoms in total. The van der Waals surface area contributed by atoms with Gasteiger partial charge in [-0.3, -0.25) is 4.79 Å². The van der Waals surface area contributed by atoms with Crippen LogP contribution in [0.25, 0.3) is 11.3 Å². The Bertz CT molecular complexity index is 1060. The highest BCUT2D eigenvalue weighted by atomic mass is 16.1. The molecule has 2 aromatic carbocycles. The Labute approximate surface area is 176 Å². The Morgan fingerprint density at radius 3 is 1.93 bits per heavy atom. The lowest BCUT2D eigenvalue weighted by molar-refractivity contribution is -0.00989. The lowest BCUT2D eigenvalue weighted by Crippen LogP contribution is -2.49. The second-order valence-electron chi connectivity index (χ2n) is 9.59. The zero-order chi connectivity index (χ0) is 20.1. The fourth-order valence-electron chi connectivity index (χ4n) is 6.61. The van der Waals surface area contributed by atoms with Crippen molar-refractivity contribution in [3.05, 3.63) is 77.7 Å². The summed E-state index contributed by atoms with van der Waals surface area (Å²) in [5.74, 6) is 3.11. The van der Waals surface area contributed by atoms with Crippen LogP contribution >= 0.6 is 0 Å². The van der Waals surface area contributed by atoms with Crippen LogP contribution < -0.4 is 0 Å². The van der Waals surface area contributed by atoms with Crippen molar-refractivity contribution in [3.63, 3.8) is 0 Å². The summed E-state index contributed by atoms with van der Waals surface area (Å²) in [5, 5.41) is 9.29. The highest BCUT2D eigenvalue weighted by Gasteiger charge is 2.53. The fraction of sp³-hybridized carbons (Fsp3) is 0.385. The Hall–Kier alpha value is -2.88. The molecule has 7 rings (SSSR count). The third-order valence-electron chi connectivity index (χ3n) is 7.50. The van der Waals surface area contributed by atoms with E-state index < -0.39 is 0 Å². The van der Waals surface area contributed by atoms with Gasteiger partial charge in [-0.25, -0.2) is 4.98 Å². The smallest absolute Gasteiger partial charge is 0.213 e. The summed E-state index contributed by atoms with van der Waals surface area (Å²) in [4.78, 5) is 18.5. The number of ketones is 1. The van der Waals surface area contributed by atoms with E-state index >= 15 is 0 Å². The van der Waals surface area contributed by atoms with Crippen LogP contribution in [0.2, 0.25) is 0 Å². The van der Waals surface area contributed by atoms with E-state index in [0.29, 0.717) is 17.0 Å². The summed E-state index contributed by atoms with van der Waals surface area (Å²) in [6, 6.07) is 19.2. The molecule has 1 heterocycles. The van der Waals surface area contributed by atoms with E-state index in [1.165, 1.54) is 19.3 Å².